The van der Waals surface area contributed by atoms with E-state index in [2.05, 4.69) is 22.4 Å². The highest BCUT2D eigenvalue weighted by Crippen LogP contribution is 2.17. The Morgan fingerprint density at radius 1 is 1.50 bits per heavy atom. The third-order valence-corrected chi connectivity index (χ3v) is 3.29. The molecule has 0 fully saturated rings. The Labute approximate surface area is 109 Å². The van der Waals surface area contributed by atoms with Gasteiger partial charge in [-0.2, -0.15) is 0 Å². The average Bonchev–Trinajstić information content (AvgIpc) is 2.80. The first kappa shape index (κ1) is 13.3. The molecule has 0 aromatic carbocycles. The number of methoxy groups -OCH3 is 1. The van der Waals surface area contributed by atoms with Gasteiger partial charge < -0.3 is 14.5 Å². The number of hydrogen-bond acceptors (Lipinski definition) is 4. The lowest BCUT2D eigenvalue weighted by molar-refractivity contribution is 0.210. The molecule has 18 heavy (non-hydrogen) atoms. The zero-order chi connectivity index (χ0) is 12.8. The van der Waals surface area contributed by atoms with Crippen LogP contribution in [0.4, 0.5) is 0 Å². The van der Waals surface area contributed by atoms with Crippen molar-refractivity contribution < 1.29 is 9.15 Å². The van der Waals surface area contributed by atoms with Crippen LogP contribution in [-0.4, -0.2) is 38.8 Å². The smallest absolute Gasteiger partial charge is 0.122 e. The summed E-state index contributed by atoms with van der Waals surface area (Å²) in [6, 6.07) is 2.07. The second-order valence-corrected chi connectivity index (χ2v) is 4.68. The molecule has 0 bridgehead atoms. The van der Waals surface area contributed by atoms with Gasteiger partial charge in [-0.3, -0.25) is 4.90 Å². The Morgan fingerprint density at radius 3 is 3.06 bits per heavy atom. The van der Waals surface area contributed by atoms with E-state index < -0.39 is 0 Å². The highest BCUT2D eigenvalue weighted by Gasteiger charge is 2.14. The molecule has 1 N–H and O–H groups in total. The zero-order valence-corrected chi connectivity index (χ0v) is 11.2. The van der Waals surface area contributed by atoms with Gasteiger partial charge in [-0.1, -0.05) is 6.08 Å². The third-order valence-electron chi connectivity index (χ3n) is 3.29. The molecule has 4 heteroatoms. The predicted octanol–water partition coefficient (Wildman–Crippen LogP) is 1.78. The van der Waals surface area contributed by atoms with Gasteiger partial charge in [0.15, 0.2) is 0 Å². The van der Waals surface area contributed by atoms with Crippen molar-refractivity contribution in [1.29, 1.82) is 0 Å². The molecule has 2 rings (SSSR count). The summed E-state index contributed by atoms with van der Waals surface area (Å²) in [5.74, 6) is 1.05. The Bertz CT molecular complexity index is 398. The number of nitrogens with one attached hydrogen (secondary N) is 1. The first-order valence-corrected chi connectivity index (χ1v) is 6.42. The number of nitrogens with zero attached hydrogens (tertiary/aromatic N) is 1. The number of hydrogen-bond donors (Lipinski definition) is 1. The average molecular weight is 250 g/mol. The van der Waals surface area contributed by atoms with Gasteiger partial charge in [-0.15, -0.1) is 0 Å². The topological polar surface area (TPSA) is 37.6 Å². The second-order valence-electron chi connectivity index (χ2n) is 4.68. The molecule has 2 heterocycles. The van der Waals surface area contributed by atoms with Gasteiger partial charge >= 0.3 is 0 Å². The first-order chi connectivity index (χ1) is 8.83. The first-order valence-electron chi connectivity index (χ1n) is 6.42. The summed E-state index contributed by atoms with van der Waals surface area (Å²) < 4.78 is 10.6. The van der Waals surface area contributed by atoms with E-state index in [1.807, 2.05) is 7.05 Å². The van der Waals surface area contributed by atoms with E-state index in [9.17, 15) is 0 Å². The van der Waals surface area contributed by atoms with Crippen LogP contribution in [0.25, 0.3) is 0 Å². The van der Waals surface area contributed by atoms with E-state index in [0.717, 1.165) is 45.0 Å². The number of rotatable bonds is 6. The molecule has 0 radical (unpaired) electrons. The predicted molar refractivity (Wildman–Crippen MR) is 71.3 cm³/mol. The van der Waals surface area contributed by atoms with Gasteiger partial charge in [0, 0.05) is 32.3 Å². The largest absolute Gasteiger partial charge is 0.468 e. The molecule has 0 spiro atoms. The van der Waals surface area contributed by atoms with E-state index >= 15 is 0 Å². The van der Waals surface area contributed by atoms with Gasteiger partial charge in [0.05, 0.1) is 19.4 Å². The van der Waals surface area contributed by atoms with Crippen molar-refractivity contribution >= 4 is 0 Å². The van der Waals surface area contributed by atoms with Crippen molar-refractivity contribution in [2.24, 2.45) is 0 Å². The molecule has 0 aliphatic carbocycles. The lowest BCUT2D eigenvalue weighted by atomic mass is 10.1. The van der Waals surface area contributed by atoms with Crippen molar-refractivity contribution in [3.8, 4) is 0 Å². The van der Waals surface area contributed by atoms with Crippen LogP contribution in [0.5, 0.6) is 0 Å². The monoisotopic (exact) mass is 250 g/mol. The highest BCUT2D eigenvalue weighted by molar-refractivity contribution is 5.18. The fourth-order valence-electron chi connectivity index (χ4n) is 2.28. The van der Waals surface area contributed by atoms with E-state index in [1.54, 1.807) is 13.4 Å². The molecule has 1 aliphatic heterocycles. The van der Waals surface area contributed by atoms with Gasteiger partial charge in [0.1, 0.15) is 5.76 Å². The minimum absolute atomic E-state index is 0.768. The molecule has 100 valence electrons. The molecule has 4 nitrogen and oxygen atoms in total. The van der Waals surface area contributed by atoms with E-state index in [1.165, 1.54) is 11.1 Å². The van der Waals surface area contributed by atoms with Gasteiger partial charge in [-0.05, 0) is 25.1 Å². The lowest BCUT2D eigenvalue weighted by Crippen LogP contribution is -2.29. The number of furan rings is 1. The molecule has 1 aromatic rings. The Balaban J connectivity index is 1.89. The molecule has 0 amide bonds. The maximum absolute atomic E-state index is 5.48. The van der Waals surface area contributed by atoms with Crippen molar-refractivity contribution in [2.75, 3.05) is 33.9 Å². The molecular weight excluding hydrogens is 228 g/mol. The molecule has 0 atom stereocenters. The number of ether oxygens (including phenoxy) is 1. The molecular formula is C14H22N2O2. The fourth-order valence-corrected chi connectivity index (χ4v) is 2.28. The fraction of sp³-hybridized carbons (Fsp3) is 0.571. The summed E-state index contributed by atoms with van der Waals surface area (Å²) in [4.78, 5) is 2.43. The zero-order valence-electron chi connectivity index (χ0n) is 11.2. The lowest BCUT2D eigenvalue weighted by Gasteiger charge is -2.26. The van der Waals surface area contributed by atoms with Crippen molar-refractivity contribution in [1.82, 2.24) is 10.2 Å². The molecule has 0 unspecified atom stereocenters. The van der Waals surface area contributed by atoms with E-state index in [4.69, 9.17) is 9.15 Å². The van der Waals surface area contributed by atoms with Gasteiger partial charge in [0.25, 0.3) is 0 Å². The van der Waals surface area contributed by atoms with Crippen molar-refractivity contribution in [3.63, 3.8) is 0 Å². The Hall–Kier alpha value is -1.10. The maximum Gasteiger partial charge on any atom is 0.122 e. The summed E-state index contributed by atoms with van der Waals surface area (Å²) in [6.07, 6.45) is 5.16. The molecule has 1 aliphatic rings. The van der Waals surface area contributed by atoms with Crippen LogP contribution in [0.1, 0.15) is 17.7 Å². The molecule has 0 saturated heterocycles. The SMILES string of the molecule is CNCc1occc1CN1CC=C(COC)CC1. The van der Waals surface area contributed by atoms with Crippen LogP contribution in [0, 0.1) is 0 Å². The van der Waals surface area contributed by atoms with Gasteiger partial charge in [0.2, 0.25) is 0 Å². The van der Waals surface area contributed by atoms with E-state index in [0.29, 0.717) is 0 Å². The summed E-state index contributed by atoms with van der Waals surface area (Å²) >= 11 is 0. The van der Waals surface area contributed by atoms with Crippen LogP contribution in [0.2, 0.25) is 0 Å². The van der Waals surface area contributed by atoms with Crippen LogP contribution in [0.15, 0.2) is 28.4 Å². The van der Waals surface area contributed by atoms with Gasteiger partial charge in [-0.25, -0.2) is 0 Å². The summed E-state index contributed by atoms with van der Waals surface area (Å²) in [5.41, 5.74) is 2.70. The van der Waals surface area contributed by atoms with Crippen molar-refractivity contribution in [2.45, 2.75) is 19.5 Å². The second kappa shape index (κ2) is 6.73. The molecule has 1 aromatic heterocycles. The highest BCUT2D eigenvalue weighted by atomic mass is 16.5. The minimum Gasteiger partial charge on any atom is -0.468 e. The summed E-state index contributed by atoms with van der Waals surface area (Å²) in [6.45, 7) is 4.62. The Kier molecular flexibility index (Phi) is 4.99. The van der Waals surface area contributed by atoms with E-state index in [-0.39, 0.29) is 0 Å². The Morgan fingerprint density at radius 2 is 2.39 bits per heavy atom. The summed E-state index contributed by atoms with van der Waals surface area (Å²) in [7, 11) is 3.69. The van der Waals surface area contributed by atoms with Crippen molar-refractivity contribution in [3.05, 3.63) is 35.3 Å². The van der Waals surface area contributed by atoms with Crippen LogP contribution in [0.3, 0.4) is 0 Å². The maximum atomic E-state index is 5.48. The third kappa shape index (κ3) is 3.45. The summed E-state index contributed by atoms with van der Waals surface area (Å²) in [5, 5.41) is 3.13. The standard InChI is InChI=1S/C14H22N2O2/c1-15-9-14-13(5-8-18-14)10-16-6-3-12(4-7-16)11-17-2/h3,5,8,15H,4,6-7,9-11H2,1-2H3. The minimum atomic E-state index is 0.768. The van der Waals surface area contributed by atoms with Crippen LogP contribution >= 0.6 is 0 Å². The van der Waals surface area contributed by atoms with Crippen LogP contribution < -0.4 is 5.32 Å². The molecule has 0 saturated carbocycles. The van der Waals surface area contributed by atoms with Crippen LogP contribution in [-0.2, 0) is 17.8 Å². The normalized spacial score (nSPS) is 16.9. The quantitative estimate of drug-likeness (QED) is 0.781.